The number of halogens is 2. The Morgan fingerprint density at radius 2 is 1.93 bits per heavy atom. The predicted octanol–water partition coefficient (Wildman–Crippen LogP) is 3.57. The maximum Gasteiger partial charge on any atom is 0.231 e. The van der Waals surface area contributed by atoms with Gasteiger partial charge >= 0.3 is 0 Å². The summed E-state index contributed by atoms with van der Waals surface area (Å²) >= 11 is 0. The highest BCUT2D eigenvalue weighted by Gasteiger charge is 2.44. The highest BCUT2D eigenvalue weighted by molar-refractivity contribution is 14.0. The van der Waals surface area contributed by atoms with Crippen LogP contribution in [0.15, 0.2) is 47.5 Å². The molecule has 0 spiro atoms. The molecule has 27 heavy (non-hydrogen) atoms. The lowest BCUT2D eigenvalue weighted by Gasteiger charge is -2.19. The second-order valence-corrected chi connectivity index (χ2v) is 6.76. The number of guanidine groups is 1. The van der Waals surface area contributed by atoms with Gasteiger partial charge in [0, 0.05) is 25.6 Å². The SMILES string of the molecule is CN=C(NCc1cccc(F)c1)NCC1(c2ccc3c(c2)OCO3)CC1.I. The van der Waals surface area contributed by atoms with Crippen LogP contribution in [0.1, 0.15) is 24.0 Å². The molecule has 1 saturated carbocycles. The van der Waals surface area contributed by atoms with Gasteiger partial charge in [0.25, 0.3) is 0 Å². The summed E-state index contributed by atoms with van der Waals surface area (Å²) in [5, 5.41) is 6.63. The molecule has 144 valence electrons. The average Bonchev–Trinajstić information content (AvgIpc) is 3.30. The summed E-state index contributed by atoms with van der Waals surface area (Å²) in [5.41, 5.74) is 2.25. The first-order valence-corrected chi connectivity index (χ1v) is 8.78. The summed E-state index contributed by atoms with van der Waals surface area (Å²) in [5.74, 6) is 2.11. The fourth-order valence-electron chi connectivity index (χ4n) is 3.25. The van der Waals surface area contributed by atoms with Crippen LogP contribution >= 0.6 is 24.0 Å². The zero-order valence-corrected chi connectivity index (χ0v) is 17.5. The quantitative estimate of drug-likeness (QED) is 0.388. The highest BCUT2D eigenvalue weighted by atomic mass is 127. The third kappa shape index (κ3) is 4.45. The van der Waals surface area contributed by atoms with Crippen LogP contribution in [0.4, 0.5) is 4.39 Å². The molecule has 0 amide bonds. The summed E-state index contributed by atoms with van der Waals surface area (Å²) in [6, 6.07) is 12.7. The molecular weight excluding hydrogens is 460 g/mol. The van der Waals surface area contributed by atoms with Crippen molar-refractivity contribution in [2.24, 2.45) is 4.99 Å². The molecule has 4 rings (SSSR count). The van der Waals surface area contributed by atoms with Crippen molar-refractivity contribution < 1.29 is 13.9 Å². The fraction of sp³-hybridized carbons (Fsp3) is 0.350. The number of nitrogens with one attached hydrogen (secondary N) is 2. The van der Waals surface area contributed by atoms with Crippen LogP contribution in [-0.4, -0.2) is 26.3 Å². The third-order valence-electron chi connectivity index (χ3n) is 5.01. The van der Waals surface area contributed by atoms with Gasteiger partial charge in [-0.1, -0.05) is 18.2 Å². The molecule has 0 radical (unpaired) electrons. The predicted molar refractivity (Wildman–Crippen MR) is 113 cm³/mol. The topological polar surface area (TPSA) is 54.9 Å². The lowest BCUT2D eigenvalue weighted by atomic mass is 9.95. The van der Waals surface area contributed by atoms with Crippen LogP contribution in [0.5, 0.6) is 11.5 Å². The molecular formula is C20H23FIN3O2. The van der Waals surface area contributed by atoms with Gasteiger partial charge in [-0.3, -0.25) is 4.99 Å². The number of hydrogen-bond acceptors (Lipinski definition) is 3. The first-order valence-electron chi connectivity index (χ1n) is 8.78. The Labute approximate surface area is 175 Å². The van der Waals surface area contributed by atoms with Crippen LogP contribution in [0.3, 0.4) is 0 Å². The number of hydrogen-bond donors (Lipinski definition) is 2. The number of nitrogens with zero attached hydrogens (tertiary/aromatic N) is 1. The summed E-state index contributed by atoms with van der Waals surface area (Å²) in [6.45, 7) is 1.60. The van der Waals surface area contributed by atoms with Crippen molar-refractivity contribution in [1.29, 1.82) is 0 Å². The van der Waals surface area contributed by atoms with Gasteiger partial charge in [0.1, 0.15) is 5.82 Å². The van der Waals surface area contributed by atoms with Crippen molar-refractivity contribution in [3.05, 3.63) is 59.4 Å². The van der Waals surface area contributed by atoms with E-state index in [0.29, 0.717) is 19.3 Å². The fourth-order valence-corrected chi connectivity index (χ4v) is 3.25. The van der Waals surface area contributed by atoms with Gasteiger partial charge in [0.15, 0.2) is 17.5 Å². The first-order chi connectivity index (χ1) is 12.7. The minimum Gasteiger partial charge on any atom is -0.454 e. The monoisotopic (exact) mass is 483 g/mol. The van der Waals surface area contributed by atoms with E-state index < -0.39 is 0 Å². The van der Waals surface area contributed by atoms with Gasteiger partial charge in [0.2, 0.25) is 6.79 Å². The van der Waals surface area contributed by atoms with E-state index in [4.69, 9.17) is 9.47 Å². The third-order valence-corrected chi connectivity index (χ3v) is 5.01. The number of ether oxygens (including phenoxy) is 2. The second-order valence-electron chi connectivity index (χ2n) is 6.76. The van der Waals surface area contributed by atoms with Crippen LogP contribution < -0.4 is 20.1 Å². The lowest BCUT2D eigenvalue weighted by Crippen LogP contribution is -2.40. The molecule has 1 fully saturated rings. The van der Waals surface area contributed by atoms with Crippen molar-refractivity contribution in [2.75, 3.05) is 20.4 Å². The molecule has 1 aliphatic heterocycles. The molecule has 2 N–H and O–H groups in total. The van der Waals surface area contributed by atoms with Gasteiger partial charge < -0.3 is 20.1 Å². The second kappa shape index (κ2) is 8.33. The normalized spacial score (nSPS) is 16.4. The summed E-state index contributed by atoms with van der Waals surface area (Å²) < 4.78 is 24.2. The van der Waals surface area contributed by atoms with E-state index in [-0.39, 0.29) is 35.2 Å². The maximum absolute atomic E-state index is 13.3. The molecule has 1 aliphatic carbocycles. The minimum atomic E-state index is -0.230. The Morgan fingerprint density at radius 1 is 1.11 bits per heavy atom. The van der Waals surface area contributed by atoms with Crippen LogP contribution in [0.2, 0.25) is 0 Å². The number of benzene rings is 2. The van der Waals surface area contributed by atoms with E-state index in [1.54, 1.807) is 13.1 Å². The van der Waals surface area contributed by atoms with Crippen LogP contribution in [-0.2, 0) is 12.0 Å². The number of aliphatic imine (C=N–C) groups is 1. The van der Waals surface area contributed by atoms with E-state index >= 15 is 0 Å². The van der Waals surface area contributed by atoms with E-state index in [9.17, 15) is 4.39 Å². The molecule has 2 aliphatic rings. The number of fused-ring (bicyclic) bond motifs is 1. The Kier molecular flexibility index (Phi) is 6.08. The molecule has 7 heteroatoms. The Balaban J connectivity index is 0.00000210. The van der Waals surface area contributed by atoms with Crippen molar-refractivity contribution in [2.45, 2.75) is 24.8 Å². The first kappa shape index (κ1) is 19.7. The lowest BCUT2D eigenvalue weighted by molar-refractivity contribution is 0.174. The molecule has 0 unspecified atom stereocenters. The minimum absolute atomic E-state index is 0. The molecule has 1 heterocycles. The highest BCUT2D eigenvalue weighted by Crippen LogP contribution is 2.49. The van der Waals surface area contributed by atoms with Gasteiger partial charge in [-0.15, -0.1) is 24.0 Å². The van der Waals surface area contributed by atoms with Crippen molar-refractivity contribution in [3.8, 4) is 11.5 Å². The van der Waals surface area contributed by atoms with Crippen LogP contribution in [0, 0.1) is 5.82 Å². The van der Waals surface area contributed by atoms with Gasteiger partial charge in [-0.2, -0.15) is 0 Å². The smallest absolute Gasteiger partial charge is 0.231 e. The van der Waals surface area contributed by atoms with Gasteiger partial charge in [-0.25, -0.2) is 4.39 Å². The Hall–Kier alpha value is -2.03. The van der Waals surface area contributed by atoms with E-state index in [1.807, 2.05) is 12.1 Å². The summed E-state index contributed by atoms with van der Waals surface area (Å²) in [6.07, 6.45) is 2.25. The largest absolute Gasteiger partial charge is 0.454 e. The molecule has 0 atom stereocenters. The zero-order chi connectivity index (χ0) is 18.0. The molecule has 0 aromatic heterocycles. The Morgan fingerprint density at radius 3 is 2.67 bits per heavy atom. The van der Waals surface area contributed by atoms with E-state index in [2.05, 4.69) is 27.8 Å². The van der Waals surface area contributed by atoms with Crippen molar-refractivity contribution in [3.63, 3.8) is 0 Å². The molecule has 2 aromatic rings. The summed E-state index contributed by atoms with van der Waals surface area (Å²) in [7, 11) is 1.74. The number of rotatable bonds is 5. The molecule has 5 nitrogen and oxygen atoms in total. The maximum atomic E-state index is 13.3. The molecule has 0 saturated heterocycles. The standard InChI is InChI=1S/C20H22FN3O2.HI/c1-22-19(23-11-14-3-2-4-16(21)9-14)24-12-20(7-8-20)15-5-6-17-18(10-15)26-13-25-17;/h2-6,9-10H,7-8,11-13H2,1H3,(H2,22,23,24);1H. The molecule has 0 bridgehead atoms. The van der Waals surface area contributed by atoms with Gasteiger partial charge in [-0.05, 0) is 48.2 Å². The zero-order valence-electron chi connectivity index (χ0n) is 15.1. The van der Waals surface area contributed by atoms with E-state index in [0.717, 1.165) is 36.4 Å². The van der Waals surface area contributed by atoms with Crippen molar-refractivity contribution in [1.82, 2.24) is 10.6 Å². The van der Waals surface area contributed by atoms with Crippen LogP contribution in [0.25, 0.3) is 0 Å². The summed E-state index contributed by atoms with van der Waals surface area (Å²) in [4.78, 5) is 4.26. The molecule has 2 aromatic carbocycles. The van der Waals surface area contributed by atoms with Crippen molar-refractivity contribution >= 4 is 29.9 Å². The average molecular weight is 483 g/mol. The van der Waals surface area contributed by atoms with E-state index in [1.165, 1.54) is 17.7 Å². The Bertz CT molecular complexity index is 840. The van der Waals surface area contributed by atoms with Gasteiger partial charge in [0.05, 0.1) is 0 Å².